The minimum Gasteiger partial charge on any atom is -0.469 e. The van der Waals surface area contributed by atoms with Gasteiger partial charge in [0.2, 0.25) is 0 Å². The summed E-state index contributed by atoms with van der Waals surface area (Å²) in [5.41, 5.74) is 2.89. The second-order valence-electron chi connectivity index (χ2n) is 3.30. The fraction of sp³-hybridized carbons (Fsp3) is 0.600. The molecule has 5 heteroatoms. The number of nitrogens with zero attached hydrogens (tertiary/aromatic N) is 1. The molecule has 84 valence electrons. The number of aryl methyl sites for hydroxylation is 1. The maximum absolute atomic E-state index is 10.9. The first-order valence-corrected chi connectivity index (χ1v) is 5.73. The Hall–Kier alpha value is -0.940. The summed E-state index contributed by atoms with van der Waals surface area (Å²) in [6.07, 6.45) is 0.401. The van der Waals surface area contributed by atoms with Gasteiger partial charge in [0.1, 0.15) is 0 Å². The van der Waals surface area contributed by atoms with E-state index in [0.29, 0.717) is 13.0 Å². The first kappa shape index (κ1) is 12.1. The van der Waals surface area contributed by atoms with Crippen molar-refractivity contribution in [1.82, 2.24) is 10.3 Å². The molecule has 1 heterocycles. The van der Waals surface area contributed by atoms with Crippen LogP contribution >= 0.6 is 11.3 Å². The minimum atomic E-state index is -0.185. The molecule has 0 aliphatic carbocycles. The van der Waals surface area contributed by atoms with Crippen molar-refractivity contribution in [3.8, 4) is 0 Å². The summed E-state index contributed by atoms with van der Waals surface area (Å²) in [4.78, 5) is 16.3. The van der Waals surface area contributed by atoms with E-state index in [1.54, 1.807) is 11.3 Å². The molecule has 1 rings (SSSR count). The van der Waals surface area contributed by atoms with Gasteiger partial charge in [-0.15, -0.1) is 11.3 Å². The number of esters is 1. The molecule has 0 radical (unpaired) electrons. The molecule has 1 aromatic heterocycles. The molecule has 15 heavy (non-hydrogen) atoms. The Morgan fingerprint density at radius 1 is 1.73 bits per heavy atom. The number of thiazole rings is 1. The monoisotopic (exact) mass is 228 g/mol. The highest BCUT2D eigenvalue weighted by Crippen LogP contribution is 2.20. The lowest BCUT2D eigenvalue weighted by molar-refractivity contribution is -0.140. The zero-order chi connectivity index (χ0) is 11.3. The van der Waals surface area contributed by atoms with Gasteiger partial charge >= 0.3 is 5.97 Å². The van der Waals surface area contributed by atoms with E-state index in [-0.39, 0.29) is 12.0 Å². The summed E-state index contributed by atoms with van der Waals surface area (Å²) in [6, 6.07) is 0.238. The lowest BCUT2D eigenvalue weighted by Crippen LogP contribution is -2.22. The molecule has 0 saturated heterocycles. The number of carbonyl (C=O) groups excluding carboxylic acids is 1. The normalized spacial score (nSPS) is 12.5. The molecule has 0 aliphatic heterocycles. The molecule has 0 spiro atoms. The van der Waals surface area contributed by atoms with Crippen molar-refractivity contribution in [3.63, 3.8) is 0 Å². The second kappa shape index (κ2) is 5.82. The first-order chi connectivity index (χ1) is 7.15. The third-order valence-electron chi connectivity index (χ3n) is 2.18. The topological polar surface area (TPSA) is 51.2 Å². The minimum absolute atomic E-state index is 0.185. The lowest BCUT2D eigenvalue weighted by Gasteiger charge is -2.11. The van der Waals surface area contributed by atoms with Crippen molar-refractivity contribution in [2.45, 2.75) is 26.3 Å². The predicted octanol–water partition coefficient (Wildman–Crippen LogP) is 1.67. The number of aromatic nitrogens is 1. The Balaban J connectivity index is 2.34. The molecule has 0 fully saturated rings. The van der Waals surface area contributed by atoms with E-state index < -0.39 is 0 Å². The van der Waals surface area contributed by atoms with Crippen LogP contribution in [0.4, 0.5) is 0 Å². The second-order valence-corrected chi connectivity index (χ2v) is 4.19. The van der Waals surface area contributed by atoms with E-state index in [1.165, 1.54) is 12.0 Å². The van der Waals surface area contributed by atoms with Gasteiger partial charge < -0.3 is 10.1 Å². The van der Waals surface area contributed by atoms with E-state index in [4.69, 9.17) is 0 Å². The Morgan fingerprint density at radius 3 is 3.00 bits per heavy atom. The smallest absolute Gasteiger partial charge is 0.306 e. The molecule has 1 unspecified atom stereocenters. The quantitative estimate of drug-likeness (QED) is 0.779. The highest BCUT2D eigenvalue weighted by molar-refractivity contribution is 7.09. The average molecular weight is 228 g/mol. The zero-order valence-electron chi connectivity index (χ0n) is 9.24. The average Bonchev–Trinajstić information content (AvgIpc) is 2.64. The van der Waals surface area contributed by atoms with Crippen molar-refractivity contribution in [2.24, 2.45) is 0 Å². The number of rotatable bonds is 5. The van der Waals surface area contributed by atoms with Crippen LogP contribution in [0.2, 0.25) is 0 Å². The van der Waals surface area contributed by atoms with Gasteiger partial charge in [0.25, 0.3) is 0 Å². The Bertz CT molecular complexity index is 325. The van der Waals surface area contributed by atoms with Crippen molar-refractivity contribution >= 4 is 17.3 Å². The van der Waals surface area contributed by atoms with Gasteiger partial charge in [-0.3, -0.25) is 4.79 Å². The van der Waals surface area contributed by atoms with Gasteiger partial charge in [-0.2, -0.15) is 0 Å². The SMILES string of the molecule is COC(=O)CCNC(C)c1scnc1C. The molecular formula is C10H16N2O2S. The fourth-order valence-corrected chi connectivity index (χ4v) is 2.15. The summed E-state index contributed by atoms with van der Waals surface area (Å²) in [6.45, 7) is 4.69. The van der Waals surface area contributed by atoms with Gasteiger partial charge in [-0.05, 0) is 13.8 Å². The van der Waals surface area contributed by atoms with Gasteiger partial charge in [0.15, 0.2) is 0 Å². The van der Waals surface area contributed by atoms with Crippen LogP contribution < -0.4 is 5.32 Å². The molecule has 1 atom stereocenters. The van der Waals surface area contributed by atoms with Crippen molar-refractivity contribution in [1.29, 1.82) is 0 Å². The molecule has 0 aliphatic rings. The van der Waals surface area contributed by atoms with Crippen LogP contribution in [0, 0.1) is 6.92 Å². The van der Waals surface area contributed by atoms with Crippen LogP contribution in [0.15, 0.2) is 5.51 Å². The van der Waals surface area contributed by atoms with Crippen molar-refractivity contribution < 1.29 is 9.53 Å². The van der Waals surface area contributed by atoms with E-state index in [0.717, 1.165) is 5.69 Å². The van der Waals surface area contributed by atoms with E-state index in [1.807, 2.05) is 12.4 Å². The van der Waals surface area contributed by atoms with Crippen LogP contribution in [0.5, 0.6) is 0 Å². The van der Waals surface area contributed by atoms with Gasteiger partial charge in [0.05, 0.1) is 24.7 Å². The number of hydrogen-bond acceptors (Lipinski definition) is 5. The molecule has 1 aromatic rings. The van der Waals surface area contributed by atoms with E-state index in [9.17, 15) is 4.79 Å². The van der Waals surface area contributed by atoms with Crippen LogP contribution in [0.1, 0.15) is 30.0 Å². The summed E-state index contributed by atoms with van der Waals surface area (Å²) >= 11 is 1.63. The van der Waals surface area contributed by atoms with Crippen LogP contribution in [0.3, 0.4) is 0 Å². The Labute approximate surface area is 93.7 Å². The zero-order valence-corrected chi connectivity index (χ0v) is 10.1. The standard InChI is InChI=1S/C10H16N2O2S/c1-7(10-8(2)12-6-15-10)11-5-4-9(13)14-3/h6-7,11H,4-5H2,1-3H3. The maximum Gasteiger partial charge on any atom is 0.306 e. The van der Waals surface area contributed by atoms with Crippen molar-refractivity contribution in [2.75, 3.05) is 13.7 Å². The van der Waals surface area contributed by atoms with Gasteiger partial charge in [0, 0.05) is 17.5 Å². The highest BCUT2D eigenvalue weighted by Gasteiger charge is 2.10. The molecule has 0 aromatic carbocycles. The first-order valence-electron chi connectivity index (χ1n) is 4.85. The summed E-state index contributed by atoms with van der Waals surface area (Å²) in [5.74, 6) is -0.185. The third-order valence-corrected chi connectivity index (χ3v) is 3.30. The summed E-state index contributed by atoms with van der Waals surface area (Å²) in [5, 5.41) is 3.26. The fourth-order valence-electron chi connectivity index (χ4n) is 1.31. The van der Waals surface area contributed by atoms with Crippen LogP contribution in [-0.4, -0.2) is 24.6 Å². The largest absolute Gasteiger partial charge is 0.469 e. The summed E-state index contributed by atoms with van der Waals surface area (Å²) in [7, 11) is 1.40. The Kier molecular flexibility index (Phi) is 4.71. The lowest BCUT2D eigenvalue weighted by atomic mass is 10.2. The predicted molar refractivity (Wildman–Crippen MR) is 59.9 cm³/mol. The van der Waals surface area contributed by atoms with Gasteiger partial charge in [-0.1, -0.05) is 0 Å². The summed E-state index contributed by atoms with van der Waals surface area (Å²) < 4.78 is 4.56. The number of carbonyl (C=O) groups is 1. The molecule has 0 bridgehead atoms. The number of hydrogen-bond donors (Lipinski definition) is 1. The van der Waals surface area contributed by atoms with E-state index >= 15 is 0 Å². The highest BCUT2D eigenvalue weighted by atomic mass is 32.1. The molecule has 1 N–H and O–H groups in total. The number of methoxy groups -OCH3 is 1. The van der Waals surface area contributed by atoms with E-state index in [2.05, 4.69) is 22.0 Å². The van der Waals surface area contributed by atoms with Gasteiger partial charge in [-0.25, -0.2) is 4.98 Å². The molecular weight excluding hydrogens is 212 g/mol. The molecule has 4 nitrogen and oxygen atoms in total. The number of nitrogens with one attached hydrogen (secondary N) is 1. The number of ether oxygens (including phenoxy) is 1. The Morgan fingerprint density at radius 2 is 2.47 bits per heavy atom. The van der Waals surface area contributed by atoms with Crippen LogP contribution in [-0.2, 0) is 9.53 Å². The molecule has 0 saturated carbocycles. The third kappa shape index (κ3) is 3.60. The van der Waals surface area contributed by atoms with Crippen molar-refractivity contribution in [3.05, 3.63) is 16.1 Å². The molecule has 0 amide bonds. The van der Waals surface area contributed by atoms with Crippen LogP contribution in [0.25, 0.3) is 0 Å². The maximum atomic E-state index is 10.9.